The van der Waals surface area contributed by atoms with Crippen molar-refractivity contribution in [2.75, 3.05) is 13.2 Å². The van der Waals surface area contributed by atoms with Gasteiger partial charge in [0.15, 0.2) is 12.5 Å². The van der Waals surface area contributed by atoms with Crippen LogP contribution in [0.3, 0.4) is 0 Å². The monoisotopic (exact) mass is 648 g/mol. The van der Waals surface area contributed by atoms with Crippen molar-refractivity contribution in [1.82, 2.24) is 9.78 Å². The van der Waals surface area contributed by atoms with E-state index >= 15 is 0 Å². The van der Waals surface area contributed by atoms with Crippen molar-refractivity contribution in [1.29, 1.82) is 0 Å². The zero-order valence-corrected chi connectivity index (χ0v) is 24.8. The number of aromatic nitrogens is 2. The van der Waals surface area contributed by atoms with Crippen LogP contribution in [-0.2, 0) is 9.47 Å². The lowest BCUT2D eigenvalue weighted by Gasteiger charge is -2.32. The van der Waals surface area contributed by atoms with E-state index in [1.807, 2.05) is 18.3 Å². The molecule has 2 saturated heterocycles. The molecule has 0 amide bonds. The minimum atomic E-state index is -0.252. The number of hydrogen-bond donors (Lipinski definition) is 0. The Labute approximate surface area is 248 Å². The van der Waals surface area contributed by atoms with Crippen molar-refractivity contribution in [3.63, 3.8) is 0 Å². The third-order valence-electron chi connectivity index (χ3n) is 8.20. The molecule has 2 fully saturated rings. The Morgan fingerprint density at radius 1 is 0.900 bits per heavy atom. The third kappa shape index (κ3) is 4.92. The molecule has 0 saturated carbocycles. The van der Waals surface area contributed by atoms with Gasteiger partial charge in [-0.1, -0.05) is 24.3 Å². The summed E-state index contributed by atoms with van der Waals surface area (Å²) in [5, 5.41) is 5.93. The Balaban J connectivity index is 1.35. The maximum atomic E-state index is 6.81. The predicted molar refractivity (Wildman–Crippen MR) is 164 cm³/mol. The van der Waals surface area contributed by atoms with Crippen LogP contribution >= 0.6 is 22.6 Å². The molecular weight excluding hydrogens is 615 g/mol. The fourth-order valence-electron chi connectivity index (χ4n) is 6.13. The minimum Gasteiger partial charge on any atom is -0.480 e. The molecule has 3 unspecified atom stereocenters. The van der Waals surface area contributed by atoms with Gasteiger partial charge in [-0.05, 0) is 115 Å². The van der Waals surface area contributed by atoms with Crippen LogP contribution in [0.5, 0.6) is 11.5 Å². The maximum Gasteiger partial charge on any atom is 0.199 e. The molecule has 206 valence electrons. The average Bonchev–Trinajstić information content (AvgIpc) is 3.44. The highest BCUT2D eigenvalue weighted by molar-refractivity contribution is 14.1. The zero-order valence-electron chi connectivity index (χ0n) is 22.6. The quantitative estimate of drug-likeness (QED) is 0.204. The van der Waals surface area contributed by atoms with Crippen LogP contribution < -0.4 is 9.47 Å². The standard InChI is InChI=1S/C33H33IN2O4/c1-21-26-19-24(39-31-10-3-5-18-38-31)15-16-29(26)40-33(22-11-13-23(34)14-12-22)32(21)25-7-6-8-28-27(25)20-35-36(28)30-9-2-4-17-37-30/h6-8,11-16,19-20,30-31,33H,2-5,9-10,17-18H2,1H3. The van der Waals surface area contributed by atoms with Crippen molar-refractivity contribution >= 4 is 44.6 Å². The fraction of sp³-hybridized carbons (Fsp3) is 0.364. The van der Waals surface area contributed by atoms with Gasteiger partial charge in [-0.15, -0.1) is 0 Å². The summed E-state index contributed by atoms with van der Waals surface area (Å²) in [4.78, 5) is 0. The van der Waals surface area contributed by atoms with Gasteiger partial charge in [0.05, 0.1) is 18.3 Å². The summed E-state index contributed by atoms with van der Waals surface area (Å²) >= 11 is 2.35. The number of rotatable bonds is 5. The number of fused-ring (bicyclic) bond motifs is 2. The molecule has 7 heteroatoms. The van der Waals surface area contributed by atoms with E-state index in [2.05, 4.69) is 82.7 Å². The highest BCUT2D eigenvalue weighted by Gasteiger charge is 2.31. The second-order valence-electron chi connectivity index (χ2n) is 10.8. The summed E-state index contributed by atoms with van der Waals surface area (Å²) < 4.78 is 28.3. The number of halogens is 1. The van der Waals surface area contributed by atoms with Gasteiger partial charge in [-0.25, -0.2) is 4.68 Å². The Hall–Kier alpha value is -2.88. The van der Waals surface area contributed by atoms with Crippen molar-refractivity contribution < 1.29 is 18.9 Å². The summed E-state index contributed by atoms with van der Waals surface area (Å²) in [5.41, 5.74) is 6.71. The van der Waals surface area contributed by atoms with E-state index in [1.54, 1.807) is 0 Å². The molecule has 0 aliphatic carbocycles. The summed E-state index contributed by atoms with van der Waals surface area (Å²) in [5.74, 6) is 1.67. The van der Waals surface area contributed by atoms with E-state index in [9.17, 15) is 0 Å². The van der Waals surface area contributed by atoms with Crippen molar-refractivity contribution in [2.45, 2.75) is 64.1 Å². The van der Waals surface area contributed by atoms with Gasteiger partial charge in [0.2, 0.25) is 0 Å². The van der Waals surface area contributed by atoms with Crippen LogP contribution in [0.4, 0.5) is 0 Å². The van der Waals surface area contributed by atoms with E-state index in [-0.39, 0.29) is 18.6 Å². The Bertz CT molecular complexity index is 1550. The number of ether oxygens (including phenoxy) is 4. The molecule has 3 aliphatic heterocycles. The molecule has 7 rings (SSSR count). The lowest BCUT2D eigenvalue weighted by Crippen LogP contribution is -2.25. The predicted octanol–water partition coefficient (Wildman–Crippen LogP) is 8.31. The largest absolute Gasteiger partial charge is 0.480 e. The maximum absolute atomic E-state index is 6.81. The molecule has 0 bridgehead atoms. The van der Waals surface area contributed by atoms with Gasteiger partial charge < -0.3 is 18.9 Å². The molecule has 6 nitrogen and oxygen atoms in total. The summed E-state index contributed by atoms with van der Waals surface area (Å²) in [6.45, 7) is 3.74. The van der Waals surface area contributed by atoms with Crippen molar-refractivity contribution in [2.24, 2.45) is 0 Å². The highest BCUT2D eigenvalue weighted by atomic mass is 127. The zero-order chi connectivity index (χ0) is 27.1. The Morgan fingerprint density at radius 3 is 2.50 bits per heavy atom. The summed E-state index contributed by atoms with van der Waals surface area (Å²) in [6.07, 6.45) is 7.92. The molecule has 3 aliphatic rings. The lowest BCUT2D eigenvalue weighted by molar-refractivity contribution is -0.105. The van der Waals surface area contributed by atoms with E-state index < -0.39 is 0 Å². The van der Waals surface area contributed by atoms with E-state index in [4.69, 9.17) is 24.0 Å². The first-order chi connectivity index (χ1) is 19.7. The SMILES string of the molecule is CC1=C(c2cccc3c2cnn3C2CCCCO2)C(c2ccc(I)cc2)Oc2ccc(OC3CCCCO3)cc21. The van der Waals surface area contributed by atoms with Gasteiger partial charge in [0.25, 0.3) is 0 Å². The molecule has 0 spiro atoms. The molecule has 4 heterocycles. The smallest absolute Gasteiger partial charge is 0.199 e. The highest BCUT2D eigenvalue weighted by Crippen LogP contribution is 2.49. The third-order valence-corrected chi connectivity index (χ3v) is 8.92. The van der Waals surface area contributed by atoms with Crippen LogP contribution in [0.1, 0.15) is 74.5 Å². The number of allylic oxidation sites excluding steroid dienone is 1. The van der Waals surface area contributed by atoms with Gasteiger partial charge >= 0.3 is 0 Å². The summed E-state index contributed by atoms with van der Waals surface area (Å²) in [7, 11) is 0. The van der Waals surface area contributed by atoms with Crippen molar-refractivity contribution in [3.05, 3.63) is 87.1 Å². The second kappa shape index (κ2) is 11.2. The molecule has 4 aromatic rings. The van der Waals surface area contributed by atoms with E-state index in [1.165, 1.54) is 9.14 Å². The summed E-state index contributed by atoms with van der Waals surface area (Å²) in [6, 6.07) is 21.2. The fourth-order valence-corrected chi connectivity index (χ4v) is 6.49. The Kier molecular flexibility index (Phi) is 7.28. The first-order valence-corrected chi connectivity index (χ1v) is 15.4. The number of benzene rings is 3. The second-order valence-corrected chi connectivity index (χ2v) is 12.1. The van der Waals surface area contributed by atoms with Gasteiger partial charge in [0, 0.05) is 33.1 Å². The van der Waals surface area contributed by atoms with Crippen LogP contribution in [-0.4, -0.2) is 29.3 Å². The topological polar surface area (TPSA) is 54.7 Å². The lowest BCUT2D eigenvalue weighted by atomic mass is 9.85. The number of hydrogen-bond acceptors (Lipinski definition) is 5. The van der Waals surface area contributed by atoms with Crippen LogP contribution in [0.2, 0.25) is 0 Å². The molecule has 1 aromatic heterocycles. The van der Waals surface area contributed by atoms with Crippen molar-refractivity contribution in [3.8, 4) is 11.5 Å². The minimum absolute atomic E-state index is 0.0198. The average molecular weight is 649 g/mol. The molecule has 0 N–H and O–H groups in total. The van der Waals surface area contributed by atoms with Gasteiger partial charge in [0.1, 0.15) is 17.6 Å². The van der Waals surface area contributed by atoms with E-state index in [0.717, 1.165) is 96.4 Å². The molecule has 3 atom stereocenters. The molecule has 3 aromatic carbocycles. The van der Waals surface area contributed by atoms with Crippen LogP contribution in [0.15, 0.2) is 66.9 Å². The van der Waals surface area contributed by atoms with Gasteiger partial charge in [-0.3, -0.25) is 0 Å². The normalized spacial score (nSPS) is 23.1. The Morgan fingerprint density at radius 2 is 1.73 bits per heavy atom. The first-order valence-electron chi connectivity index (χ1n) is 14.3. The first kappa shape index (κ1) is 26.0. The van der Waals surface area contributed by atoms with Gasteiger partial charge in [-0.2, -0.15) is 5.10 Å². The molecular formula is C33H33IN2O4. The van der Waals surface area contributed by atoms with Crippen LogP contribution in [0, 0.1) is 3.57 Å². The van der Waals surface area contributed by atoms with E-state index in [0.29, 0.717) is 0 Å². The molecule has 40 heavy (non-hydrogen) atoms. The van der Waals surface area contributed by atoms with Crippen LogP contribution in [0.25, 0.3) is 22.0 Å². The number of nitrogens with zero attached hydrogens (tertiary/aromatic N) is 2. The molecule has 0 radical (unpaired) electrons.